The zero-order chi connectivity index (χ0) is 15.8. The summed E-state index contributed by atoms with van der Waals surface area (Å²) in [5.41, 5.74) is 0. The molecule has 122 valence electrons. The van der Waals surface area contributed by atoms with E-state index in [-0.39, 0.29) is 6.54 Å². The van der Waals surface area contributed by atoms with Crippen molar-refractivity contribution >= 4 is 27.3 Å². The van der Waals surface area contributed by atoms with E-state index in [1.54, 1.807) is 17.5 Å². The summed E-state index contributed by atoms with van der Waals surface area (Å²) in [7, 11) is -3.40. The smallest absolute Gasteiger partial charge is 0.250 e. The Kier molecular flexibility index (Phi) is 6.41. The predicted octanol–water partition coefficient (Wildman–Crippen LogP) is 1.30. The largest absolute Gasteiger partial charge is 0.357 e. The van der Waals surface area contributed by atoms with Crippen LogP contribution in [-0.2, 0) is 10.0 Å². The van der Waals surface area contributed by atoms with Crippen LogP contribution in [0.2, 0.25) is 0 Å². The monoisotopic (exact) mass is 342 g/mol. The van der Waals surface area contributed by atoms with Gasteiger partial charge in [-0.05, 0) is 31.2 Å². The fourth-order valence-electron chi connectivity index (χ4n) is 2.08. The van der Waals surface area contributed by atoms with Gasteiger partial charge in [0, 0.05) is 19.1 Å². The fourth-order valence-corrected chi connectivity index (χ4v) is 4.14. The van der Waals surface area contributed by atoms with Crippen LogP contribution in [0.1, 0.15) is 19.8 Å². The van der Waals surface area contributed by atoms with E-state index in [9.17, 15) is 8.42 Å². The standard InChI is InChI=1S/C14H22N4O2S2/c1-2-15-14(18-12-6-3-4-7-12)16-9-10-17-22(19,20)13-8-5-11-21-13/h3-5,8,11-12,17H,2,6-7,9-10H2,1H3,(H2,15,16,18). The minimum Gasteiger partial charge on any atom is -0.357 e. The summed E-state index contributed by atoms with van der Waals surface area (Å²) in [6.07, 6.45) is 6.29. The highest BCUT2D eigenvalue weighted by atomic mass is 32.2. The lowest BCUT2D eigenvalue weighted by atomic mass is 10.2. The van der Waals surface area contributed by atoms with Gasteiger partial charge < -0.3 is 10.6 Å². The first-order chi connectivity index (χ1) is 10.6. The van der Waals surface area contributed by atoms with E-state index in [1.165, 1.54) is 11.3 Å². The number of nitrogens with one attached hydrogen (secondary N) is 3. The third kappa shape index (κ3) is 5.11. The third-order valence-electron chi connectivity index (χ3n) is 3.13. The molecule has 0 bridgehead atoms. The average Bonchev–Trinajstić information content (AvgIpc) is 3.16. The molecule has 6 nitrogen and oxygen atoms in total. The Hall–Kier alpha value is -1.38. The van der Waals surface area contributed by atoms with Crippen LogP contribution in [0.25, 0.3) is 0 Å². The van der Waals surface area contributed by atoms with Gasteiger partial charge in [-0.1, -0.05) is 18.2 Å². The van der Waals surface area contributed by atoms with Crippen LogP contribution >= 0.6 is 11.3 Å². The molecule has 0 aromatic carbocycles. The van der Waals surface area contributed by atoms with Gasteiger partial charge in [0.05, 0.1) is 6.54 Å². The number of thiophene rings is 1. The van der Waals surface area contributed by atoms with Crippen LogP contribution in [0.4, 0.5) is 0 Å². The van der Waals surface area contributed by atoms with Crippen LogP contribution < -0.4 is 15.4 Å². The second-order valence-electron chi connectivity index (χ2n) is 4.87. The summed E-state index contributed by atoms with van der Waals surface area (Å²) in [5.74, 6) is 0.728. The molecule has 2 rings (SSSR count). The molecule has 1 aromatic rings. The van der Waals surface area contributed by atoms with Crippen molar-refractivity contribution in [2.45, 2.75) is 30.0 Å². The Morgan fingerprint density at radius 3 is 2.82 bits per heavy atom. The summed E-state index contributed by atoms with van der Waals surface area (Å²) in [6.45, 7) is 3.44. The van der Waals surface area contributed by atoms with Crippen molar-refractivity contribution in [3.8, 4) is 0 Å². The van der Waals surface area contributed by atoms with Gasteiger partial charge in [-0.15, -0.1) is 11.3 Å². The molecule has 8 heteroatoms. The Morgan fingerprint density at radius 1 is 1.41 bits per heavy atom. The second kappa shape index (κ2) is 8.30. The first-order valence-corrected chi connectivity index (χ1v) is 9.71. The van der Waals surface area contributed by atoms with Crippen molar-refractivity contribution in [2.24, 2.45) is 4.99 Å². The van der Waals surface area contributed by atoms with Gasteiger partial charge >= 0.3 is 0 Å². The van der Waals surface area contributed by atoms with Crippen LogP contribution in [0.15, 0.2) is 38.9 Å². The topological polar surface area (TPSA) is 82.6 Å². The molecule has 0 unspecified atom stereocenters. The number of hydrogen-bond donors (Lipinski definition) is 3. The second-order valence-corrected chi connectivity index (χ2v) is 7.82. The molecule has 1 heterocycles. The van der Waals surface area contributed by atoms with Crippen LogP contribution in [-0.4, -0.2) is 40.1 Å². The molecule has 1 aliphatic carbocycles. The summed E-state index contributed by atoms with van der Waals surface area (Å²) in [4.78, 5) is 4.40. The number of sulfonamides is 1. The van der Waals surface area contributed by atoms with Gasteiger partial charge in [-0.3, -0.25) is 4.99 Å². The highest BCUT2D eigenvalue weighted by Crippen LogP contribution is 2.14. The molecule has 0 amide bonds. The summed E-state index contributed by atoms with van der Waals surface area (Å²) in [5, 5.41) is 8.26. The van der Waals surface area contributed by atoms with E-state index in [4.69, 9.17) is 0 Å². The molecule has 0 aliphatic heterocycles. The third-order valence-corrected chi connectivity index (χ3v) is 5.99. The molecule has 0 saturated heterocycles. The van der Waals surface area contributed by atoms with Crippen molar-refractivity contribution in [1.82, 2.24) is 15.4 Å². The molecule has 0 radical (unpaired) electrons. The molecule has 0 atom stereocenters. The normalized spacial score (nSPS) is 16.1. The van der Waals surface area contributed by atoms with Gasteiger partial charge in [-0.2, -0.15) is 0 Å². The maximum Gasteiger partial charge on any atom is 0.250 e. The maximum absolute atomic E-state index is 12.0. The van der Waals surface area contributed by atoms with Crippen molar-refractivity contribution < 1.29 is 8.42 Å². The quantitative estimate of drug-likeness (QED) is 0.302. The molecule has 1 aliphatic rings. The lowest BCUT2D eigenvalue weighted by molar-refractivity contribution is 0.583. The van der Waals surface area contributed by atoms with E-state index in [1.807, 2.05) is 6.92 Å². The molecule has 0 fully saturated rings. The number of aliphatic imine (C=N–C) groups is 1. The van der Waals surface area contributed by atoms with E-state index in [0.29, 0.717) is 16.8 Å². The lowest BCUT2D eigenvalue weighted by Gasteiger charge is -2.16. The first kappa shape index (κ1) is 17.0. The highest BCUT2D eigenvalue weighted by Gasteiger charge is 2.14. The van der Waals surface area contributed by atoms with Gasteiger partial charge in [0.1, 0.15) is 4.21 Å². The Morgan fingerprint density at radius 2 is 2.18 bits per heavy atom. The number of hydrogen-bond acceptors (Lipinski definition) is 4. The van der Waals surface area contributed by atoms with Crippen molar-refractivity contribution in [2.75, 3.05) is 19.6 Å². The summed E-state index contributed by atoms with van der Waals surface area (Å²) in [6, 6.07) is 3.69. The van der Waals surface area contributed by atoms with Gasteiger partial charge in [0.15, 0.2) is 5.96 Å². The van der Waals surface area contributed by atoms with E-state index in [2.05, 4.69) is 32.5 Å². The lowest BCUT2D eigenvalue weighted by Crippen LogP contribution is -2.42. The molecule has 0 spiro atoms. The molecule has 22 heavy (non-hydrogen) atoms. The zero-order valence-corrected chi connectivity index (χ0v) is 14.2. The molecular weight excluding hydrogens is 320 g/mol. The van der Waals surface area contributed by atoms with E-state index in [0.717, 1.165) is 25.3 Å². The van der Waals surface area contributed by atoms with Gasteiger partial charge in [0.25, 0.3) is 0 Å². The predicted molar refractivity (Wildman–Crippen MR) is 90.8 cm³/mol. The Labute approximate surface area is 135 Å². The molecule has 0 saturated carbocycles. The molecule has 3 N–H and O–H groups in total. The van der Waals surface area contributed by atoms with Gasteiger partial charge in [0.2, 0.25) is 10.0 Å². The maximum atomic E-state index is 12.0. The number of nitrogens with zero attached hydrogens (tertiary/aromatic N) is 1. The SMILES string of the molecule is CCNC(=NCCNS(=O)(=O)c1cccs1)NC1CC=CC1. The zero-order valence-electron chi connectivity index (χ0n) is 12.6. The van der Waals surface area contributed by atoms with Crippen LogP contribution in [0.5, 0.6) is 0 Å². The van der Waals surface area contributed by atoms with E-state index < -0.39 is 10.0 Å². The summed E-state index contributed by atoms with van der Waals surface area (Å²) < 4.78 is 26.8. The minimum absolute atomic E-state index is 0.278. The Bertz CT molecular complexity index is 601. The first-order valence-electron chi connectivity index (χ1n) is 7.35. The van der Waals surface area contributed by atoms with Crippen molar-refractivity contribution in [1.29, 1.82) is 0 Å². The van der Waals surface area contributed by atoms with Gasteiger partial charge in [-0.25, -0.2) is 13.1 Å². The number of rotatable bonds is 7. The van der Waals surface area contributed by atoms with E-state index >= 15 is 0 Å². The molecular formula is C14H22N4O2S2. The summed E-state index contributed by atoms with van der Waals surface area (Å²) >= 11 is 1.21. The van der Waals surface area contributed by atoms with Crippen molar-refractivity contribution in [3.63, 3.8) is 0 Å². The highest BCUT2D eigenvalue weighted by molar-refractivity contribution is 7.91. The Balaban J connectivity index is 1.80. The van der Waals surface area contributed by atoms with Crippen LogP contribution in [0, 0.1) is 0 Å². The minimum atomic E-state index is -3.40. The fraction of sp³-hybridized carbons (Fsp3) is 0.500. The molecule has 1 aromatic heterocycles. The van der Waals surface area contributed by atoms with Crippen molar-refractivity contribution in [3.05, 3.63) is 29.7 Å². The number of guanidine groups is 1. The average molecular weight is 342 g/mol. The van der Waals surface area contributed by atoms with Crippen LogP contribution in [0.3, 0.4) is 0 Å².